The van der Waals surface area contributed by atoms with Gasteiger partial charge in [0.2, 0.25) is 0 Å². The van der Waals surface area contributed by atoms with Crippen molar-refractivity contribution in [3.8, 4) is 17.6 Å². The van der Waals surface area contributed by atoms with E-state index in [1.54, 1.807) is 14.2 Å². The molecule has 21 heavy (non-hydrogen) atoms. The topological polar surface area (TPSA) is 68.3 Å². The van der Waals surface area contributed by atoms with Crippen molar-refractivity contribution in [1.29, 1.82) is 5.26 Å². The number of allylic oxidation sites excluding steroid dienone is 1. The van der Waals surface area contributed by atoms with Crippen molar-refractivity contribution in [2.75, 3.05) is 20.0 Å². The Labute approximate surface area is 124 Å². The van der Waals surface area contributed by atoms with Gasteiger partial charge in [0.1, 0.15) is 0 Å². The van der Waals surface area contributed by atoms with Crippen molar-refractivity contribution >= 4 is 11.3 Å². The molecule has 0 saturated heterocycles. The van der Waals surface area contributed by atoms with Gasteiger partial charge in [0, 0.05) is 11.8 Å². The minimum atomic E-state index is 0.614. The standard InChI is InChI=1S/C17H16N2O2/c1-20-16-7-6-13(11-17(16)21-2)15(8-9-18)12-4-3-5-14(19)10-12/h3-8,10-11H,19H2,1-2H3/b15-8-. The van der Waals surface area contributed by atoms with Crippen molar-refractivity contribution < 1.29 is 9.47 Å². The molecule has 0 aliphatic heterocycles. The first-order valence-corrected chi connectivity index (χ1v) is 6.37. The second kappa shape index (κ2) is 6.49. The number of nitrogens with two attached hydrogens (primary N) is 1. The van der Waals surface area contributed by atoms with Crippen LogP contribution in [-0.4, -0.2) is 14.2 Å². The molecule has 2 aromatic rings. The normalized spacial score (nSPS) is 10.8. The molecule has 0 aliphatic carbocycles. The molecule has 4 nitrogen and oxygen atoms in total. The molecule has 106 valence electrons. The Hall–Kier alpha value is -2.93. The number of rotatable bonds is 4. The van der Waals surface area contributed by atoms with Crippen LogP contribution in [0.1, 0.15) is 11.1 Å². The Morgan fingerprint density at radius 3 is 2.38 bits per heavy atom. The smallest absolute Gasteiger partial charge is 0.161 e. The van der Waals surface area contributed by atoms with Crippen LogP contribution in [0.2, 0.25) is 0 Å². The average Bonchev–Trinajstić information content (AvgIpc) is 2.52. The number of methoxy groups -OCH3 is 2. The number of benzene rings is 2. The second-order valence-corrected chi connectivity index (χ2v) is 4.38. The van der Waals surface area contributed by atoms with Gasteiger partial charge >= 0.3 is 0 Å². The number of nitrogens with zero attached hydrogens (tertiary/aromatic N) is 1. The van der Waals surface area contributed by atoms with Gasteiger partial charge in [-0.3, -0.25) is 0 Å². The third-order valence-corrected chi connectivity index (χ3v) is 3.10. The van der Waals surface area contributed by atoms with Crippen LogP contribution < -0.4 is 15.2 Å². The monoisotopic (exact) mass is 280 g/mol. The number of nitriles is 1. The van der Waals surface area contributed by atoms with Gasteiger partial charge in [-0.15, -0.1) is 0 Å². The first-order valence-electron chi connectivity index (χ1n) is 6.37. The molecule has 0 unspecified atom stereocenters. The van der Waals surface area contributed by atoms with Crippen LogP contribution in [0.5, 0.6) is 11.5 Å². The van der Waals surface area contributed by atoms with Crippen LogP contribution in [-0.2, 0) is 0 Å². The third-order valence-electron chi connectivity index (χ3n) is 3.10. The largest absolute Gasteiger partial charge is 0.493 e. The van der Waals surface area contributed by atoms with Crippen molar-refractivity contribution in [3.63, 3.8) is 0 Å². The first-order chi connectivity index (χ1) is 10.2. The Balaban J connectivity index is 2.55. The fourth-order valence-corrected chi connectivity index (χ4v) is 2.11. The highest BCUT2D eigenvalue weighted by Gasteiger charge is 2.10. The van der Waals surface area contributed by atoms with Gasteiger partial charge < -0.3 is 15.2 Å². The lowest BCUT2D eigenvalue weighted by Gasteiger charge is -2.12. The van der Waals surface area contributed by atoms with E-state index in [1.165, 1.54) is 6.08 Å². The van der Waals surface area contributed by atoms with Crippen molar-refractivity contribution in [2.45, 2.75) is 0 Å². The van der Waals surface area contributed by atoms with Gasteiger partial charge in [-0.2, -0.15) is 5.26 Å². The SMILES string of the molecule is COc1ccc(/C(=C\C#N)c2cccc(N)c2)cc1OC. The van der Waals surface area contributed by atoms with Crippen LogP contribution in [0.3, 0.4) is 0 Å². The van der Waals surface area contributed by atoms with E-state index < -0.39 is 0 Å². The van der Waals surface area contributed by atoms with Crippen LogP contribution >= 0.6 is 0 Å². The molecule has 2 aromatic carbocycles. The number of ether oxygens (including phenoxy) is 2. The first kappa shape index (κ1) is 14.5. The van der Waals surface area contributed by atoms with Crippen LogP contribution in [0.4, 0.5) is 5.69 Å². The summed E-state index contributed by atoms with van der Waals surface area (Å²) in [6, 6.07) is 15.0. The van der Waals surface area contributed by atoms with Gasteiger partial charge in [-0.25, -0.2) is 0 Å². The van der Waals surface area contributed by atoms with Crippen molar-refractivity contribution in [3.05, 3.63) is 59.7 Å². The fourth-order valence-electron chi connectivity index (χ4n) is 2.11. The minimum absolute atomic E-state index is 0.614. The summed E-state index contributed by atoms with van der Waals surface area (Å²) >= 11 is 0. The van der Waals surface area contributed by atoms with E-state index in [-0.39, 0.29) is 0 Å². The van der Waals surface area contributed by atoms with E-state index in [9.17, 15) is 0 Å². The number of hydrogen-bond acceptors (Lipinski definition) is 4. The lowest BCUT2D eigenvalue weighted by atomic mass is 9.97. The zero-order chi connectivity index (χ0) is 15.2. The van der Waals surface area contributed by atoms with Gasteiger partial charge in [-0.05, 0) is 41.0 Å². The summed E-state index contributed by atoms with van der Waals surface area (Å²) in [5.41, 5.74) is 8.99. The summed E-state index contributed by atoms with van der Waals surface area (Å²) in [5.74, 6) is 1.26. The van der Waals surface area contributed by atoms with E-state index in [4.69, 9.17) is 20.5 Å². The lowest BCUT2D eigenvalue weighted by Crippen LogP contribution is -1.94. The molecular weight excluding hydrogens is 264 g/mol. The average molecular weight is 280 g/mol. The highest BCUT2D eigenvalue weighted by Crippen LogP contribution is 2.33. The van der Waals surface area contributed by atoms with E-state index in [1.807, 2.05) is 42.5 Å². The summed E-state index contributed by atoms with van der Waals surface area (Å²) in [5, 5.41) is 9.04. The summed E-state index contributed by atoms with van der Waals surface area (Å²) in [6.07, 6.45) is 1.50. The molecule has 0 bridgehead atoms. The molecule has 0 spiro atoms. The third kappa shape index (κ3) is 3.15. The van der Waals surface area contributed by atoms with Crippen LogP contribution in [0.15, 0.2) is 48.5 Å². The van der Waals surface area contributed by atoms with Gasteiger partial charge in [0.05, 0.1) is 20.3 Å². The molecule has 0 radical (unpaired) electrons. The van der Waals surface area contributed by atoms with Crippen molar-refractivity contribution in [2.24, 2.45) is 0 Å². The summed E-state index contributed by atoms with van der Waals surface area (Å²) < 4.78 is 10.5. The molecule has 0 heterocycles. The molecule has 2 rings (SSSR count). The Morgan fingerprint density at radius 1 is 1.05 bits per heavy atom. The molecule has 2 N–H and O–H groups in total. The van der Waals surface area contributed by atoms with Gasteiger partial charge in [0.15, 0.2) is 11.5 Å². The molecule has 0 amide bonds. The maximum atomic E-state index is 9.04. The maximum Gasteiger partial charge on any atom is 0.161 e. The predicted octanol–water partition coefficient (Wildman–Crippen LogP) is 3.24. The minimum Gasteiger partial charge on any atom is -0.493 e. The van der Waals surface area contributed by atoms with Crippen LogP contribution in [0, 0.1) is 11.3 Å². The van der Waals surface area contributed by atoms with Gasteiger partial charge in [0.25, 0.3) is 0 Å². The van der Waals surface area contributed by atoms with Crippen molar-refractivity contribution in [1.82, 2.24) is 0 Å². The summed E-state index contributed by atoms with van der Waals surface area (Å²) in [7, 11) is 3.16. The van der Waals surface area contributed by atoms with E-state index in [2.05, 4.69) is 6.07 Å². The molecule has 0 aliphatic rings. The molecule has 0 atom stereocenters. The quantitative estimate of drug-likeness (QED) is 0.689. The van der Waals surface area contributed by atoms with E-state index in [0.29, 0.717) is 17.2 Å². The Kier molecular flexibility index (Phi) is 4.47. The summed E-state index contributed by atoms with van der Waals surface area (Å²) in [4.78, 5) is 0. The number of hydrogen-bond donors (Lipinski definition) is 1. The molecule has 0 saturated carbocycles. The Bertz CT molecular complexity index is 715. The second-order valence-electron chi connectivity index (χ2n) is 4.38. The number of nitrogen functional groups attached to an aromatic ring is 1. The maximum absolute atomic E-state index is 9.04. The highest BCUT2D eigenvalue weighted by molar-refractivity contribution is 5.83. The lowest BCUT2D eigenvalue weighted by molar-refractivity contribution is 0.355. The predicted molar refractivity (Wildman–Crippen MR) is 83.1 cm³/mol. The Morgan fingerprint density at radius 2 is 1.76 bits per heavy atom. The van der Waals surface area contributed by atoms with Gasteiger partial charge in [-0.1, -0.05) is 18.2 Å². The highest BCUT2D eigenvalue weighted by atomic mass is 16.5. The summed E-state index contributed by atoms with van der Waals surface area (Å²) in [6.45, 7) is 0. The van der Waals surface area contributed by atoms with E-state index in [0.717, 1.165) is 16.7 Å². The molecule has 4 heteroatoms. The van der Waals surface area contributed by atoms with E-state index >= 15 is 0 Å². The fraction of sp³-hybridized carbons (Fsp3) is 0.118. The molecule has 0 aromatic heterocycles. The molecular formula is C17H16N2O2. The molecule has 0 fully saturated rings. The zero-order valence-electron chi connectivity index (χ0n) is 12.0. The number of anilines is 1. The zero-order valence-corrected chi connectivity index (χ0v) is 12.0. The van der Waals surface area contributed by atoms with Crippen LogP contribution in [0.25, 0.3) is 5.57 Å².